The van der Waals surface area contributed by atoms with Crippen LogP contribution >= 0.6 is 11.6 Å². The number of ether oxygens (including phenoxy) is 1. The molecule has 2 bridgehead atoms. The fourth-order valence-electron chi connectivity index (χ4n) is 6.13. The number of aromatic nitrogens is 6. The molecule has 4 aromatic rings. The average Bonchev–Trinajstić information content (AvgIpc) is 3.71. The number of rotatable bonds is 8. The molecule has 2 amide bonds. The van der Waals surface area contributed by atoms with Gasteiger partial charge in [-0.2, -0.15) is 5.10 Å². The topological polar surface area (TPSA) is 120 Å². The Hall–Kier alpha value is -4.13. The van der Waals surface area contributed by atoms with E-state index in [4.69, 9.17) is 21.3 Å². The van der Waals surface area contributed by atoms with Gasteiger partial charge in [-0.25, -0.2) is 9.36 Å². The normalized spacial score (nSPS) is 19.0. The minimum Gasteiger partial charge on any atom is -0.360 e. The maximum Gasteiger partial charge on any atom is 0.247 e. The van der Waals surface area contributed by atoms with E-state index >= 15 is 0 Å². The first-order valence-corrected chi connectivity index (χ1v) is 20.2. The lowest BCUT2D eigenvalue weighted by Crippen LogP contribution is -2.38. The number of carbonyl (C=O) groups excluding carboxylic acids is 2. The van der Waals surface area contributed by atoms with Gasteiger partial charge in [0.25, 0.3) is 0 Å². The van der Waals surface area contributed by atoms with E-state index in [-0.39, 0.29) is 30.5 Å². The van der Waals surface area contributed by atoms with Gasteiger partial charge in [-0.15, -0.1) is 5.10 Å². The number of halogens is 1. The zero-order valence-corrected chi connectivity index (χ0v) is 29.1. The van der Waals surface area contributed by atoms with Gasteiger partial charge in [-0.3, -0.25) is 14.6 Å². The molecule has 0 fully saturated rings. The first kappa shape index (κ1) is 32.8. The van der Waals surface area contributed by atoms with Gasteiger partial charge in [0.2, 0.25) is 11.8 Å². The summed E-state index contributed by atoms with van der Waals surface area (Å²) < 4.78 is 9.53. The number of hydrogen-bond acceptors (Lipinski definition) is 7. The Morgan fingerprint density at radius 1 is 1.11 bits per heavy atom. The summed E-state index contributed by atoms with van der Waals surface area (Å²) in [6, 6.07) is 10.3. The van der Waals surface area contributed by atoms with Crippen molar-refractivity contribution in [2.45, 2.75) is 71.1 Å². The molecule has 0 spiro atoms. The average molecular weight is 673 g/mol. The molecule has 1 aromatic carbocycles. The van der Waals surface area contributed by atoms with Crippen LogP contribution in [0.4, 0.5) is 5.69 Å². The van der Waals surface area contributed by atoms with E-state index in [9.17, 15) is 9.59 Å². The summed E-state index contributed by atoms with van der Waals surface area (Å²) in [5.74, 6) is -0.359. The van der Waals surface area contributed by atoms with Crippen LogP contribution in [0, 0.1) is 5.92 Å². The number of benzene rings is 1. The van der Waals surface area contributed by atoms with Crippen molar-refractivity contribution in [2.24, 2.45) is 5.92 Å². The quantitative estimate of drug-likeness (QED) is 0.165. The molecule has 246 valence electrons. The van der Waals surface area contributed by atoms with Gasteiger partial charge in [0.05, 0.1) is 47.4 Å². The second-order valence-corrected chi connectivity index (χ2v) is 19.6. The molecule has 13 heteroatoms. The fourth-order valence-corrected chi connectivity index (χ4v) is 7.06. The zero-order valence-electron chi connectivity index (χ0n) is 27.3. The molecule has 11 nitrogen and oxygen atoms in total. The number of carbonyl (C=O) groups is 2. The molecule has 0 aliphatic carbocycles. The zero-order chi connectivity index (χ0) is 33.1. The van der Waals surface area contributed by atoms with Crippen molar-refractivity contribution in [1.82, 2.24) is 34.7 Å². The fraction of sp³-hybridized carbons (Fsp3) is 0.412. The van der Waals surface area contributed by atoms with Gasteiger partial charge in [-0.1, -0.05) is 49.8 Å². The van der Waals surface area contributed by atoms with Crippen LogP contribution in [0.2, 0.25) is 30.7 Å². The summed E-state index contributed by atoms with van der Waals surface area (Å²) >= 11 is 6.41. The van der Waals surface area contributed by atoms with Crippen LogP contribution in [-0.4, -0.2) is 67.7 Å². The van der Waals surface area contributed by atoms with E-state index in [1.54, 1.807) is 46.3 Å². The number of fused-ring (bicyclic) bond motifs is 4. The van der Waals surface area contributed by atoms with Crippen molar-refractivity contribution in [3.8, 4) is 16.9 Å². The van der Waals surface area contributed by atoms with Crippen LogP contribution in [-0.2, 0) is 21.1 Å². The second kappa shape index (κ2) is 13.9. The third-order valence-corrected chi connectivity index (χ3v) is 10.8. The molecule has 0 unspecified atom stereocenters. The van der Waals surface area contributed by atoms with Gasteiger partial charge in [0.1, 0.15) is 6.73 Å². The van der Waals surface area contributed by atoms with Crippen molar-refractivity contribution in [1.29, 1.82) is 0 Å². The lowest BCUT2D eigenvalue weighted by atomic mass is 9.93. The van der Waals surface area contributed by atoms with Crippen LogP contribution in [0.5, 0.6) is 0 Å². The van der Waals surface area contributed by atoms with Gasteiger partial charge in [0, 0.05) is 55.6 Å². The molecule has 2 atom stereocenters. The maximum absolute atomic E-state index is 13.9. The Morgan fingerprint density at radius 2 is 1.96 bits per heavy atom. The summed E-state index contributed by atoms with van der Waals surface area (Å²) in [6.07, 6.45) is 11.3. The highest BCUT2D eigenvalue weighted by Gasteiger charge is 2.31. The Labute approximate surface area is 281 Å². The van der Waals surface area contributed by atoms with Crippen molar-refractivity contribution < 1.29 is 14.3 Å². The summed E-state index contributed by atoms with van der Waals surface area (Å²) in [5, 5.41) is 16.4. The van der Waals surface area contributed by atoms with Gasteiger partial charge in [-0.05, 0) is 61.2 Å². The molecule has 0 saturated heterocycles. The molecule has 1 N–H and O–H groups in total. The van der Waals surface area contributed by atoms with Gasteiger partial charge < -0.3 is 15.0 Å². The Balaban J connectivity index is 1.32. The van der Waals surface area contributed by atoms with E-state index in [1.165, 1.54) is 0 Å². The summed E-state index contributed by atoms with van der Waals surface area (Å²) in [7, 11) is -1.25. The van der Waals surface area contributed by atoms with Crippen molar-refractivity contribution in [3.63, 3.8) is 0 Å². The summed E-state index contributed by atoms with van der Waals surface area (Å²) in [5.41, 5.74) is 5.60. The van der Waals surface area contributed by atoms with E-state index < -0.39 is 8.07 Å². The molecule has 5 heterocycles. The molecule has 6 rings (SSSR count). The molecular formula is C34H41ClN8O3Si. The van der Waals surface area contributed by atoms with E-state index in [1.807, 2.05) is 36.1 Å². The monoisotopic (exact) mass is 672 g/mol. The number of nitrogens with zero attached hydrogens (tertiary/aromatic N) is 7. The smallest absolute Gasteiger partial charge is 0.247 e. The molecule has 2 aliphatic heterocycles. The lowest BCUT2D eigenvalue weighted by Gasteiger charge is -2.34. The number of pyridine rings is 1. The highest BCUT2D eigenvalue weighted by atomic mass is 35.5. The standard InChI is InChI=1S/C34H41ClN8O3Si/c1-23-6-5-7-31(41-14-11-24(19-32(41)44)27-20-26(35)8-9-30(27)42-15-13-37-40-42)28-18-25(10-12-36-28)33-29(39-34(23)45)21-38-43(33)22-46-16-17-47(2,3)4/h8-10,12-13,15,18-21,23,31H,5-7,11,14,16-17,22H2,1-4H3,(H,39,45)/t23-,31+/m1/s1. The number of anilines is 1. The largest absolute Gasteiger partial charge is 0.360 e. The minimum absolute atomic E-state index is 0.0526. The Morgan fingerprint density at radius 3 is 2.72 bits per heavy atom. The second-order valence-electron chi connectivity index (χ2n) is 13.5. The molecule has 2 aliphatic rings. The lowest BCUT2D eigenvalue weighted by molar-refractivity contribution is -0.129. The van der Waals surface area contributed by atoms with Crippen LogP contribution < -0.4 is 5.32 Å². The third kappa shape index (κ3) is 7.55. The number of nitrogens with one attached hydrogen (secondary N) is 1. The van der Waals surface area contributed by atoms with Crippen LogP contribution in [0.3, 0.4) is 0 Å². The Kier molecular flexibility index (Phi) is 9.71. The van der Waals surface area contributed by atoms with Crippen molar-refractivity contribution in [2.75, 3.05) is 18.5 Å². The predicted octanol–water partition coefficient (Wildman–Crippen LogP) is 6.61. The van der Waals surface area contributed by atoms with E-state index in [0.717, 1.165) is 46.2 Å². The summed E-state index contributed by atoms with van der Waals surface area (Å²) in [4.78, 5) is 33.9. The van der Waals surface area contributed by atoms with E-state index in [2.05, 4.69) is 40.4 Å². The highest BCUT2D eigenvalue weighted by Crippen LogP contribution is 2.37. The van der Waals surface area contributed by atoms with Crippen LogP contribution in [0.15, 0.2) is 61.2 Å². The first-order chi connectivity index (χ1) is 22.6. The van der Waals surface area contributed by atoms with Crippen molar-refractivity contribution >= 4 is 42.7 Å². The Bertz CT molecular complexity index is 1780. The maximum atomic E-state index is 13.9. The van der Waals surface area contributed by atoms with Crippen molar-refractivity contribution in [3.05, 3.63) is 77.5 Å². The first-order valence-electron chi connectivity index (χ1n) is 16.2. The van der Waals surface area contributed by atoms with Gasteiger partial charge >= 0.3 is 0 Å². The number of hydrogen-bond donors (Lipinski definition) is 1. The molecule has 0 saturated carbocycles. The highest BCUT2D eigenvalue weighted by molar-refractivity contribution is 6.76. The predicted molar refractivity (Wildman–Crippen MR) is 185 cm³/mol. The van der Waals surface area contributed by atoms with Crippen LogP contribution in [0.25, 0.3) is 22.5 Å². The SMILES string of the molecule is C[C@@H]1CCC[C@H](N2CCC(c3cc(Cl)ccc3-n3ccnn3)=CC2=O)c2cc(ccn2)-c2c(cnn2COCC[Si](C)(C)C)NC1=O. The molecule has 47 heavy (non-hydrogen) atoms. The van der Waals surface area contributed by atoms with Crippen LogP contribution in [0.1, 0.15) is 49.9 Å². The molecular weight excluding hydrogens is 632 g/mol. The number of amides is 2. The molecule has 3 aromatic heterocycles. The summed E-state index contributed by atoms with van der Waals surface area (Å²) in [6.45, 7) is 10.3. The molecule has 0 radical (unpaired) electrons. The minimum atomic E-state index is -1.25. The van der Waals surface area contributed by atoms with Gasteiger partial charge in [0.15, 0.2) is 0 Å². The third-order valence-electron chi connectivity index (χ3n) is 8.82. The van der Waals surface area contributed by atoms with E-state index in [0.29, 0.717) is 43.1 Å².